The summed E-state index contributed by atoms with van der Waals surface area (Å²) >= 11 is 0. The molecule has 0 radical (unpaired) electrons. The Morgan fingerprint density at radius 3 is 1.57 bits per heavy atom. The molecule has 9 heteroatoms. The number of aromatic hydroxyl groups is 2. The lowest BCUT2D eigenvalue weighted by Gasteiger charge is -2.23. The van der Waals surface area contributed by atoms with Crippen LogP contribution in [0.5, 0.6) is 11.5 Å². The van der Waals surface area contributed by atoms with Crippen molar-refractivity contribution >= 4 is 21.9 Å². The number of halogens is 3. The van der Waals surface area contributed by atoms with Gasteiger partial charge >= 0.3 is 17.4 Å². The number of benzene rings is 3. The van der Waals surface area contributed by atoms with Crippen LogP contribution in [-0.2, 0) is 6.18 Å². The van der Waals surface area contributed by atoms with Gasteiger partial charge in [0, 0.05) is 0 Å². The molecule has 0 aliphatic rings. The van der Waals surface area contributed by atoms with Crippen molar-refractivity contribution in [2.24, 2.45) is 0 Å². The van der Waals surface area contributed by atoms with E-state index in [9.17, 15) is 33.0 Å². The van der Waals surface area contributed by atoms with Crippen LogP contribution in [0.1, 0.15) is 28.2 Å². The Morgan fingerprint density at radius 1 is 0.657 bits per heavy atom. The zero-order valence-electron chi connectivity index (χ0n) is 17.7. The molecule has 0 aliphatic carbocycles. The molecule has 6 nitrogen and oxygen atoms in total. The normalized spacial score (nSPS) is 12.0. The molecule has 0 aliphatic heterocycles. The van der Waals surface area contributed by atoms with Gasteiger partial charge in [-0.2, -0.15) is 13.2 Å². The van der Waals surface area contributed by atoms with Gasteiger partial charge in [0.15, 0.2) is 0 Å². The van der Waals surface area contributed by atoms with E-state index in [-0.39, 0.29) is 21.9 Å². The van der Waals surface area contributed by atoms with Crippen LogP contribution in [0.4, 0.5) is 13.2 Å². The smallest absolute Gasteiger partial charge is 0.416 e. The molecule has 5 aromatic rings. The molecule has 176 valence electrons. The molecule has 0 unspecified atom stereocenters. The zero-order valence-corrected chi connectivity index (χ0v) is 17.7. The van der Waals surface area contributed by atoms with Gasteiger partial charge in [0.05, 0.1) is 33.4 Å². The third-order valence-electron chi connectivity index (χ3n) is 5.79. The molecule has 0 atom stereocenters. The lowest BCUT2D eigenvalue weighted by atomic mass is 9.82. The fourth-order valence-corrected chi connectivity index (χ4v) is 4.27. The Bertz CT molecular complexity index is 1620. The second-order valence-corrected chi connectivity index (χ2v) is 7.81. The van der Waals surface area contributed by atoms with Crippen molar-refractivity contribution in [2.75, 3.05) is 0 Å². The molecule has 0 fully saturated rings. The molecule has 2 aromatic heterocycles. The minimum absolute atomic E-state index is 0.00336. The fraction of sp³-hybridized carbons (Fsp3) is 0.0769. The van der Waals surface area contributed by atoms with Crippen molar-refractivity contribution in [3.63, 3.8) is 0 Å². The topological polar surface area (TPSA) is 101 Å². The fourth-order valence-electron chi connectivity index (χ4n) is 4.27. The minimum Gasteiger partial charge on any atom is -0.507 e. The van der Waals surface area contributed by atoms with E-state index in [0.29, 0.717) is 0 Å². The monoisotopic (exact) mass is 480 g/mol. The second kappa shape index (κ2) is 8.05. The maximum Gasteiger partial charge on any atom is 0.416 e. The summed E-state index contributed by atoms with van der Waals surface area (Å²) in [6.45, 7) is 0. The molecule has 35 heavy (non-hydrogen) atoms. The summed E-state index contributed by atoms with van der Waals surface area (Å²) in [6, 6.07) is 16.1. The number of rotatable bonds is 3. The van der Waals surface area contributed by atoms with E-state index in [2.05, 4.69) is 0 Å². The standard InChI is InChI=1S/C26H15F3O6/c27-26(28,29)16-10-4-1-7-13(16)19(20-22(30)14-8-2-5-11-17(14)34-24(20)32)21-23(31)15-9-3-6-12-18(15)35-25(21)33/h1-12,19,30-31H. The van der Waals surface area contributed by atoms with Crippen molar-refractivity contribution in [2.45, 2.75) is 12.1 Å². The van der Waals surface area contributed by atoms with E-state index in [0.717, 1.165) is 18.2 Å². The maximum atomic E-state index is 14.0. The lowest BCUT2D eigenvalue weighted by Crippen LogP contribution is -2.23. The predicted molar refractivity (Wildman–Crippen MR) is 121 cm³/mol. The lowest BCUT2D eigenvalue weighted by molar-refractivity contribution is -0.138. The van der Waals surface area contributed by atoms with Crippen molar-refractivity contribution in [3.05, 3.63) is 116 Å². The van der Waals surface area contributed by atoms with Crippen molar-refractivity contribution in [1.82, 2.24) is 0 Å². The summed E-state index contributed by atoms with van der Waals surface area (Å²) in [5, 5.41) is 22.2. The van der Waals surface area contributed by atoms with Gasteiger partial charge in [-0.15, -0.1) is 0 Å². The quantitative estimate of drug-likeness (QED) is 0.330. The molecular weight excluding hydrogens is 465 g/mol. The first-order valence-corrected chi connectivity index (χ1v) is 10.3. The molecule has 0 amide bonds. The van der Waals surface area contributed by atoms with Crippen molar-refractivity contribution in [1.29, 1.82) is 0 Å². The van der Waals surface area contributed by atoms with E-state index in [1.165, 1.54) is 42.5 Å². The van der Waals surface area contributed by atoms with E-state index in [1.807, 2.05) is 0 Å². The van der Waals surface area contributed by atoms with Gasteiger partial charge in [-0.3, -0.25) is 0 Å². The third kappa shape index (κ3) is 3.61. The van der Waals surface area contributed by atoms with Crippen LogP contribution in [0.25, 0.3) is 21.9 Å². The molecule has 0 saturated carbocycles. The first-order valence-electron chi connectivity index (χ1n) is 10.3. The van der Waals surface area contributed by atoms with Gasteiger partial charge < -0.3 is 19.0 Å². The molecule has 2 N–H and O–H groups in total. The Morgan fingerprint density at radius 2 is 1.09 bits per heavy atom. The average Bonchev–Trinajstić information content (AvgIpc) is 2.82. The molecule has 0 saturated heterocycles. The number of hydrogen-bond donors (Lipinski definition) is 2. The Labute approximate surface area is 194 Å². The van der Waals surface area contributed by atoms with Crippen LogP contribution in [0.3, 0.4) is 0 Å². The molecule has 3 aromatic carbocycles. The van der Waals surface area contributed by atoms with Crippen molar-refractivity contribution in [3.8, 4) is 11.5 Å². The van der Waals surface area contributed by atoms with Gasteiger partial charge in [0.25, 0.3) is 0 Å². The summed E-state index contributed by atoms with van der Waals surface area (Å²) < 4.78 is 52.6. The van der Waals surface area contributed by atoms with E-state index in [4.69, 9.17) is 8.83 Å². The summed E-state index contributed by atoms with van der Waals surface area (Å²) in [7, 11) is 0. The number of alkyl halides is 3. The van der Waals surface area contributed by atoms with Crippen LogP contribution >= 0.6 is 0 Å². The van der Waals surface area contributed by atoms with Crippen molar-refractivity contribution < 1.29 is 32.2 Å². The summed E-state index contributed by atoms with van der Waals surface area (Å²) in [4.78, 5) is 26.1. The SMILES string of the molecule is O=c1oc2ccccc2c(O)c1C(c1ccccc1C(F)(F)F)c1c(O)c2ccccc2oc1=O. The third-order valence-corrected chi connectivity index (χ3v) is 5.79. The van der Waals surface area contributed by atoms with Gasteiger partial charge in [0.1, 0.15) is 22.7 Å². The predicted octanol–water partition coefficient (Wildman–Crippen LogP) is 5.51. The highest BCUT2D eigenvalue weighted by atomic mass is 19.4. The molecule has 5 rings (SSSR count). The number of para-hydroxylation sites is 2. The van der Waals surface area contributed by atoms with Crippen LogP contribution in [-0.4, -0.2) is 10.2 Å². The number of fused-ring (bicyclic) bond motifs is 2. The first-order chi connectivity index (χ1) is 16.7. The minimum atomic E-state index is -4.88. The molecule has 0 spiro atoms. The van der Waals surface area contributed by atoms with Crippen LogP contribution in [0.2, 0.25) is 0 Å². The van der Waals surface area contributed by atoms with Crippen LogP contribution < -0.4 is 11.3 Å². The van der Waals surface area contributed by atoms with Gasteiger partial charge in [0.2, 0.25) is 0 Å². The van der Waals surface area contributed by atoms with E-state index >= 15 is 0 Å². The number of hydrogen-bond acceptors (Lipinski definition) is 6. The van der Waals surface area contributed by atoms with E-state index < -0.39 is 57.1 Å². The summed E-state index contributed by atoms with van der Waals surface area (Å²) in [5.74, 6) is -3.22. The summed E-state index contributed by atoms with van der Waals surface area (Å²) in [6.07, 6.45) is -4.88. The second-order valence-electron chi connectivity index (χ2n) is 7.81. The highest BCUT2D eigenvalue weighted by molar-refractivity contribution is 5.87. The highest BCUT2D eigenvalue weighted by Gasteiger charge is 2.40. The Balaban J connectivity index is 1.96. The first kappa shape index (κ1) is 22.3. The summed E-state index contributed by atoms with van der Waals surface area (Å²) in [5.41, 5.74) is -5.34. The largest absolute Gasteiger partial charge is 0.507 e. The van der Waals surface area contributed by atoms with Crippen LogP contribution in [0.15, 0.2) is 91.2 Å². The van der Waals surface area contributed by atoms with Gasteiger partial charge in [-0.25, -0.2) is 9.59 Å². The van der Waals surface area contributed by atoms with E-state index in [1.54, 1.807) is 12.1 Å². The molecular formula is C26H15F3O6. The highest BCUT2D eigenvalue weighted by Crippen LogP contribution is 2.45. The molecule has 2 heterocycles. The van der Waals surface area contributed by atoms with Crippen LogP contribution in [0, 0.1) is 0 Å². The molecule has 0 bridgehead atoms. The van der Waals surface area contributed by atoms with Gasteiger partial charge in [-0.1, -0.05) is 42.5 Å². The average molecular weight is 480 g/mol. The maximum absolute atomic E-state index is 14.0. The van der Waals surface area contributed by atoms with Gasteiger partial charge in [-0.05, 0) is 35.9 Å². The Kier molecular flexibility index (Phi) is 5.12. The Hall–Kier alpha value is -4.53. The zero-order chi connectivity index (χ0) is 24.9.